The first-order valence-corrected chi connectivity index (χ1v) is 5.30. The van der Waals surface area contributed by atoms with Crippen molar-refractivity contribution in [1.82, 2.24) is 10.6 Å². The zero-order chi connectivity index (χ0) is 11.1. The molecule has 0 aliphatic carbocycles. The molecule has 2 bridgehead atoms. The minimum atomic E-state index is -0.448. The van der Waals surface area contributed by atoms with Crippen molar-refractivity contribution >= 4 is 6.09 Å². The van der Waals surface area contributed by atoms with Crippen molar-refractivity contribution in [2.24, 2.45) is 0 Å². The van der Waals surface area contributed by atoms with Crippen molar-refractivity contribution < 1.29 is 14.3 Å². The summed E-state index contributed by atoms with van der Waals surface area (Å²) >= 11 is 0. The van der Waals surface area contributed by atoms with E-state index in [1.54, 1.807) is 0 Å². The fourth-order valence-electron chi connectivity index (χ4n) is 1.97. The number of carbonyl (C=O) groups is 1. The molecule has 2 aliphatic heterocycles. The van der Waals surface area contributed by atoms with Crippen LogP contribution in [-0.4, -0.2) is 43.0 Å². The maximum atomic E-state index is 11.5. The lowest BCUT2D eigenvalue weighted by atomic mass is 10.1. The molecule has 0 radical (unpaired) electrons. The van der Waals surface area contributed by atoms with E-state index in [0.29, 0.717) is 6.61 Å². The molecule has 86 valence electrons. The first kappa shape index (κ1) is 10.7. The van der Waals surface area contributed by atoms with Gasteiger partial charge in [0.25, 0.3) is 0 Å². The van der Waals surface area contributed by atoms with E-state index < -0.39 is 5.60 Å². The molecule has 3 atom stereocenters. The van der Waals surface area contributed by atoms with Gasteiger partial charge in [0.15, 0.2) is 0 Å². The molecule has 0 saturated carbocycles. The Kier molecular flexibility index (Phi) is 2.60. The SMILES string of the molecule is CC(C)(C)OC(=O)N[C@H]1[C@H]2CO[C@@H]1CN2. The quantitative estimate of drug-likeness (QED) is 0.657. The molecule has 0 aromatic carbocycles. The lowest BCUT2D eigenvalue weighted by molar-refractivity contribution is 0.0461. The molecule has 2 fully saturated rings. The van der Waals surface area contributed by atoms with E-state index in [4.69, 9.17) is 9.47 Å². The average Bonchev–Trinajstić information content (AvgIpc) is 2.61. The van der Waals surface area contributed by atoms with Gasteiger partial charge in [-0.25, -0.2) is 4.79 Å². The van der Waals surface area contributed by atoms with E-state index >= 15 is 0 Å². The lowest BCUT2D eigenvalue weighted by Gasteiger charge is -2.22. The topological polar surface area (TPSA) is 59.6 Å². The van der Waals surface area contributed by atoms with Crippen LogP contribution >= 0.6 is 0 Å². The zero-order valence-corrected chi connectivity index (χ0v) is 9.37. The fourth-order valence-corrected chi connectivity index (χ4v) is 1.97. The molecule has 2 aliphatic rings. The molecule has 0 unspecified atom stereocenters. The van der Waals surface area contributed by atoms with Crippen molar-refractivity contribution in [2.45, 2.75) is 44.6 Å². The van der Waals surface area contributed by atoms with E-state index in [1.165, 1.54) is 0 Å². The number of ether oxygens (including phenoxy) is 2. The third-order valence-electron chi connectivity index (χ3n) is 2.59. The largest absolute Gasteiger partial charge is 0.444 e. The summed E-state index contributed by atoms with van der Waals surface area (Å²) in [4.78, 5) is 11.5. The Morgan fingerprint density at radius 2 is 2.27 bits per heavy atom. The number of hydrogen-bond acceptors (Lipinski definition) is 4. The minimum Gasteiger partial charge on any atom is -0.444 e. The Hall–Kier alpha value is -0.810. The number of carbonyl (C=O) groups excluding carboxylic acids is 1. The molecule has 5 heteroatoms. The highest BCUT2D eigenvalue weighted by Gasteiger charge is 2.44. The van der Waals surface area contributed by atoms with Gasteiger partial charge in [-0.3, -0.25) is 0 Å². The summed E-state index contributed by atoms with van der Waals surface area (Å²) in [5, 5.41) is 6.13. The Morgan fingerprint density at radius 3 is 2.67 bits per heavy atom. The van der Waals surface area contributed by atoms with E-state index in [0.717, 1.165) is 6.54 Å². The number of nitrogens with one attached hydrogen (secondary N) is 2. The van der Waals surface area contributed by atoms with Crippen LogP contribution in [0.3, 0.4) is 0 Å². The van der Waals surface area contributed by atoms with Crippen LogP contribution in [0.5, 0.6) is 0 Å². The Morgan fingerprint density at radius 1 is 1.53 bits per heavy atom. The molecule has 0 aromatic heterocycles. The summed E-state index contributed by atoms with van der Waals surface area (Å²) in [6.07, 6.45) is -0.265. The summed E-state index contributed by atoms with van der Waals surface area (Å²) < 4.78 is 10.7. The van der Waals surface area contributed by atoms with Crippen LogP contribution in [0.2, 0.25) is 0 Å². The number of amides is 1. The van der Waals surface area contributed by atoms with Crippen LogP contribution in [0.15, 0.2) is 0 Å². The van der Waals surface area contributed by atoms with Gasteiger partial charge in [0, 0.05) is 6.54 Å². The Balaban J connectivity index is 1.85. The summed E-state index contributed by atoms with van der Waals surface area (Å²) in [6, 6.07) is 0.294. The maximum absolute atomic E-state index is 11.5. The molecule has 5 nitrogen and oxygen atoms in total. The number of hydrogen-bond donors (Lipinski definition) is 2. The third kappa shape index (κ3) is 2.41. The van der Waals surface area contributed by atoms with Gasteiger partial charge < -0.3 is 20.1 Å². The first-order chi connectivity index (χ1) is 6.96. The highest BCUT2D eigenvalue weighted by molar-refractivity contribution is 5.68. The highest BCUT2D eigenvalue weighted by atomic mass is 16.6. The maximum Gasteiger partial charge on any atom is 0.408 e. The van der Waals surface area contributed by atoms with Crippen LogP contribution in [0.4, 0.5) is 4.79 Å². The van der Waals surface area contributed by atoms with E-state index in [-0.39, 0.29) is 24.3 Å². The number of alkyl carbamates (subject to hydrolysis) is 1. The fraction of sp³-hybridized carbons (Fsp3) is 0.900. The molecular weight excluding hydrogens is 196 g/mol. The van der Waals surface area contributed by atoms with Crippen LogP contribution < -0.4 is 10.6 Å². The third-order valence-corrected chi connectivity index (χ3v) is 2.59. The second-order valence-electron chi connectivity index (χ2n) is 5.06. The lowest BCUT2D eigenvalue weighted by Crippen LogP contribution is -2.46. The van der Waals surface area contributed by atoms with Crippen molar-refractivity contribution in [2.75, 3.05) is 13.2 Å². The Labute approximate surface area is 89.5 Å². The van der Waals surface area contributed by atoms with E-state index in [1.807, 2.05) is 20.8 Å². The second-order valence-corrected chi connectivity index (χ2v) is 5.06. The van der Waals surface area contributed by atoms with E-state index in [9.17, 15) is 4.79 Å². The molecule has 0 spiro atoms. The first-order valence-electron chi connectivity index (χ1n) is 5.30. The van der Waals surface area contributed by atoms with Gasteiger partial charge >= 0.3 is 6.09 Å². The molecular formula is C10H18N2O3. The molecule has 2 N–H and O–H groups in total. The van der Waals surface area contributed by atoms with Crippen LogP contribution in [0.1, 0.15) is 20.8 Å². The molecule has 2 heterocycles. The average molecular weight is 214 g/mol. The van der Waals surface area contributed by atoms with Gasteiger partial charge in [-0.2, -0.15) is 0 Å². The second kappa shape index (κ2) is 3.64. The molecule has 15 heavy (non-hydrogen) atoms. The predicted molar refractivity (Wildman–Crippen MR) is 54.7 cm³/mol. The summed E-state index contributed by atoms with van der Waals surface area (Å²) in [5.41, 5.74) is -0.448. The van der Waals surface area contributed by atoms with Crippen molar-refractivity contribution in [1.29, 1.82) is 0 Å². The molecule has 1 amide bonds. The standard InChI is InChI=1S/C10H18N2O3/c1-10(2,3)15-9(13)12-8-6-5-14-7(8)4-11-6/h6-8,11H,4-5H2,1-3H3,(H,12,13)/t6-,7-,8+/m1/s1. The molecule has 2 rings (SSSR count). The summed E-state index contributed by atoms with van der Waals surface area (Å²) in [5.74, 6) is 0. The van der Waals surface area contributed by atoms with Gasteiger partial charge in [-0.05, 0) is 20.8 Å². The van der Waals surface area contributed by atoms with Gasteiger partial charge in [-0.15, -0.1) is 0 Å². The highest BCUT2D eigenvalue weighted by Crippen LogP contribution is 2.20. The van der Waals surface area contributed by atoms with Crippen LogP contribution in [0.25, 0.3) is 0 Å². The van der Waals surface area contributed by atoms with Crippen molar-refractivity contribution in [3.05, 3.63) is 0 Å². The molecule has 2 saturated heterocycles. The monoisotopic (exact) mass is 214 g/mol. The van der Waals surface area contributed by atoms with Gasteiger partial charge in [0.2, 0.25) is 0 Å². The van der Waals surface area contributed by atoms with Gasteiger partial charge in [0.05, 0.1) is 24.8 Å². The number of rotatable bonds is 1. The number of fused-ring (bicyclic) bond motifs is 2. The Bertz CT molecular complexity index is 242. The summed E-state index contributed by atoms with van der Waals surface area (Å²) in [7, 11) is 0. The zero-order valence-electron chi connectivity index (χ0n) is 9.37. The normalized spacial score (nSPS) is 34.2. The van der Waals surface area contributed by atoms with Gasteiger partial charge in [0.1, 0.15) is 5.60 Å². The smallest absolute Gasteiger partial charge is 0.408 e. The predicted octanol–water partition coefficient (Wildman–Crippen LogP) is 0.250. The van der Waals surface area contributed by atoms with Crippen molar-refractivity contribution in [3.63, 3.8) is 0 Å². The van der Waals surface area contributed by atoms with Gasteiger partial charge in [-0.1, -0.05) is 0 Å². The van der Waals surface area contributed by atoms with Crippen LogP contribution in [0, 0.1) is 0 Å². The van der Waals surface area contributed by atoms with Crippen LogP contribution in [-0.2, 0) is 9.47 Å². The van der Waals surface area contributed by atoms with E-state index in [2.05, 4.69) is 10.6 Å². The van der Waals surface area contributed by atoms with Crippen molar-refractivity contribution in [3.8, 4) is 0 Å². The molecule has 0 aromatic rings. The minimum absolute atomic E-state index is 0.0554. The summed E-state index contributed by atoms with van der Waals surface area (Å²) in [6.45, 7) is 7.04. The number of morpholine rings is 1.